The topological polar surface area (TPSA) is 42.4 Å². The lowest BCUT2D eigenvalue weighted by molar-refractivity contribution is -0.126. The number of aromatic nitrogens is 1. The molecule has 1 aromatic carbocycles. The Kier molecular flexibility index (Phi) is 3.69. The highest BCUT2D eigenvalue weighted by Crippen LogP contribution is 2.26. The maximum atomic E-state index is 11.7. The second-order valence-electron chi connectivity index (χ2n) is 4.91. The molecule has 21 heavy (non-hydrogen) atoms. The van der Waals surface area contributed by atoms with Crippen LogP contribution in [0.4, 0.5) is 0 Å². The zero-order valence-corrected chi connectivity index (χ0v) is 11.7. The van der Waals surface area contributed by atoms with Crippen molar-refractivity contribution in [1.82, 2.24) is 9.88 Å². The van der Waals surface area contributed by atoms with Gasteiger partial charge in [-0.15, -0.1) is 0 Å². The van der Waals surface area contributed by atoms with E-state index in [0.29, 0.717) is 12.4 Å². The fourth-order valence-electron chi connectivity index (χ4n) is 2.44. The molecule has 0 spiro atoms. The van der Waals surface area contributed by atoms with Crippen molar-refractivity contribution in [3.05, 3.63) is 66.4 Å². The fourth-order valence-corrected chi connectivity index (χ4v) is 2.44. The van der Waals surface area contributed by atoms with Crippen molar-refractivity contribution >= 4 is 5.91 Å². The van der Waals surface area contributed by atoms with Crippen LogP contribution < -0.4 is 4.74 Å². The molecule has 0 saturated heterocycles. The molecule has 4 nitrogen and oxygen atoms in total. The molecular weight excluding hydrogens is 264 g/mol. The molecule has 2 heterocycles. The minimum absolute atomic E-state index is 0.0308. The quantitative estimate of drug-likeness (QED) is 0.812. The first-order chi connectivity index (χ1) is 10.3. The van der Waals surface area contributed by atoms with Crippen molar-refractivity contribution in [2.24, 2.45) is 0 Å². The van der Waals surface area contributed by atoms with Gasteiger partial charge in [-0.25, -0.2) is 4.98 Å². The Morgan fingerprint density at radius 1 is 1.29 bits per heavy atom. The zero-order chi connectivity index (χ0) is 14.7. The van der Waals surface area contributed by atoms with Crippen molar-refractivity contribution in [2.75, 3.05) is 6.54 Å². The van der Waals surface area contributed by atoms with Crippen molar-refractivity contribution in [3.8, 4) is 11.6 Å². The maximum Gasteiger partial charge on any atom is 0.246 e. The molecule has 0 radical (unpaired) electrons. The van der Waals surface area contributed by atoms with Gasteiger partial charge in [0.1, 0.15) is 5.75 Å². The average Bonchev–Trinajstić information content (AvgIpc) is 2.54. The van der Waals surface area contributed by atoms with Crippen LogP contribution in [0.1, 0.15) is 11.1 Å². The van der Waals surface area contributed by atoms with Gasteiger partial charge >= 0.3 is 0 Å². The van der Waals surface area contributed by atoms with Crippen LogP contribution in [0.5, 0.6) is 11.6 Å². The average molecular weight is 280 g/mol. The normalized spacial score (nSPS) is 13.4. The summed E-state index contributed by atoms with van der Waals surface area (Å²) in [5.74, 6) is 1.27. The Morgan fingerprint density at radius 3 is 2.95 bits per heavy atom. The lowest BCUT2D eigenvalue weighted by Crippen LogP contribution is -2.34. The maximum absolute atomic E-state index is 11.7. The molecule has 1 aromatic heterocycles. The van der Waals surface area contributed by atoms with E-state index in [1.165, 1.54) is 11.6 Å². The van der Waals surface area contributed by atoms with E-state index in [1.54, 1.807) is 11.1 Å². The first-order valence-electron chi connectivity index (χ1n) is 6.88. The molecule has 0 atom stereocenters. The van der Waals surface area contributed by atoms with E-state index in [-0.39, 0.29) is 5.91 Å². The Hall–Kier alpha value is -2.62. The summed E-state index contributed by atoms with van der Waals surface area (Å²) in [6, 6.07) is 11.5. The lowest BCUT2D eigenvalue weighted by Gasteiger charge is -2.28. The molecule has 106 valence electrons. The van der Waals surface area contributed by atoms with Gasteiger partial charge in [0, 0.05) is 25.4 Å². The van der Waals surface area contributed by atoms with Crippen LogP contribution in [0.2, 0.25) is 0 Å². The molecule has 3 rings (SSSR count). The van der Waals surface area contributed by atoms with Crippen LogP contribution in [0.15, 0.2) is 55.3 Å². The number of ether oxygens (including phenoxy) is 1. The van der Waals surface area contributed by atoms with Gasteiger partial charge in [0.2, 0.25) is 11.8 Å². The number of benzene rings is 1. The number of carbonyl (C=O) groups is 1. The minimum Gasteiger partial charge on any atom is -0.439 e. The number of pyridine rings is 1. The van der Waals surface area contributed by atoms with Crippen LogP contribution in [0.25, 0.3) is 0 Å². The molecule has 0 N–H and O–H groups in total. The van der Waals surface area contributed by atoms with Crippen LogP contribution in [-0.2, 0) is 17.8 Å². The Balaban J connectivity index is 1.81. The van der Waals surface area contributed by atoms with Gasteiger partial charge in [0.15, 0.2) is 0 Å². The van der Waals surface area contributed by atoms with Gasteiger partial charge in [-0.1, -0.05) is 18.7 Å². The number of hydrogen-bond acceptors (Lipinski definition) is 3. The summed E-state index contributed by atoms with van der Waals surface area (Å²) in [4.78, 5) is 17.7. The van der Waals surface area contributed by atoms with Crippen molar-refractivity contribution in [2.45, 2.75) is 13.0 Å². The number of amides is 1. The molecule has 0 aliphatic carbocycles. The van der Waals surface area contributed by atoms with Crippen LogP contribution in [-0.4, -0.2) is 22.3 Å². The van der Waals surface area contributed by atoms with E-state index in [4.69, 9.17) is 4.74 Å². The summed E-state index contributed by atoms with van der Waals surface area (Å²) in [6.45, 7) is 4.87. The number of carbonyl (C=O) groups excluding carboxylic acids is 1. The predicted molar refractivity (Wildman–Crippen MR) is 80.1 cm³/mol. The molecule has 0 bridgehead atoms. The standard InChI is InChI=1S/C17H16N2O2/c1-2-17(20)19-10-8-13-6-7-15(11-14(13)12-19)21-16-5-3-4-9-18-16/h2-7,9,11H,1,8,10,12H2. The highest BCUT2D eigenvalue weighted by molar-refractivity contribution is 5.87. The van der Waals surface area contributed by atoms with E-state index in [0.717, 1.165) is 24.3 Å². The minimum atomic E-state index is -0.0308. The molecule has 0 unspecified atom stereocenters. The molecule has 0 fully saturated rings. The number of fused-ring (bicyclic) bond motifs is 1. The van der Waals surface area contributed by atoms with Gasteiger partial charge in [0.25, 0.3) is 0 Å². The van der Waals surface area contributed by atoms with E-state index in [1.807, 2.05) is 30.3 Å². The van der Waals surface area contributed by atoms with Crippen LogP contribution in [0, 0.1) is 0 Å². The fraction of sp³-hybridized carbons (Fsp3) is 0.176. The van der Waals surface area contributed by atoms with Crippen molar-refractivity contribution in [1.29, 1.82) is 0 Å². The van der Waals surface area contributed by atoms with E-state index in [9.17, 15) is 4.79 Å². The highest BCUT2D eigenvalue weighted by Gasteiger charge is 2.19. The molecule has 0 saturated carbocycles. The van der Waals surface area contributed by atoms with E-state index < -0.39 is 0 Å². The lowest BCUT2D eigenvalue weighted by atomic mass is 9.99. The second-order valence-corrected chi connectivity index (χ2v) is 4.91. The second kappa shape index (κ2) is 5.79. The largest absolute Gasteiger partial charge is 0.439 e. The van der Waals surface area contributed by atoms with E-state index >= 15 is 0 Å². The summed E-state index contributed by atoms with van der Waals surface area (Å²) in [5.41, 5.74) is 2.38. The third kappa shape index (κ3) is 2.94. The zero-order valence-electron chi connectivity index (χ0n) is 11.7. The summed E-state index contributed by atoms with van der Waals surface area (Å²) in [5, 5.41) is 0. The third-order valence-corrected chi connectivity index (χ3v) is 3.54. The molecular formula is C17H16N2O2. The third-order valence-electron chi connectivity index (χ3n) is 3.54. The molecule has 1 amide bonds. The summed E-state index contributed by atoms with van der Waals surface area (Å²) in [7, 11) is 0. The van der Waals surface area contributed by atoms with Crippen molar-refractivity contribution in [3.63, 3.8) is 0 Å². The molecule has 1 aliphatic heterocycles. The smallest absolute Gasteiger partial charge is 0.246 e. The summed E-state index contributed by atoms with van der Waals surface area (Å²) >= 11 is 0. The number of nitrogens with zero attached hydrogens (tertiary/aromatic N) is 2. The van der Waals surface area contributed by atoms with Crippen LogP contribution in [0.3, 0.4) is 0 Å². The Labute approximate surface area is 123 Å². The van der Waals surface area contributed by atoms with Gasteiger partial charge in [-0.3, -0.25) is 4.79 Å². The van der Waals surface area contributed by atoms with E-state index in [2.05, 4.69) is 17.6 Å². The van der Waals surface area contributed by atoms with Gasteiger partial charge in [0.05, 0.1) is 0 Å². The number of hydrogen-bond donors (Lipinski definition) is 0. The first-order valence-corrected chi connectivity index (χ1v) is 6.88. The van der Waals surface area contributed by atoms with Gasteiger partial charge < -0.3 is 9.64 Å². The molecule has 2 aromatic rings. The monoisotopic (exact) mass is 280 g/mol. The summed E-state index contributed by atoms with van der Waals surface area (Å²) in [6.07, 6.45) is 3.91. The van der Waals surface area contributed by atoms with Gasteiger partial charge in [-0.2, -0.15) is 0 Å². The molecule has 4 heteroatoms. The van der Waals surface area contributed by atoms with Gasteiger partial charge in [-0.05, 0) is 41.8 Å². The SMILES string of the molecule is C=CC(=O)N1CCc2ccc(Oc3ccccn3)cc2C1. The highest BCUT2D eigenvalue weighted by atomic mass is 16.5. The van der Waals surface area contributed by atoms with Crippen molar-refractivity contribution < 1.29 is 9.53 Å². The predicted octanol–water partition coefficient (Wildman–Crippen LogP) is 2.94. The first kappa shape index (κ1) is 13.4. The Morgan fingerprint density at radius 2 is 2.19 bits per heavy atom. The summed E-state index contributed by atoms with van der Waals surface area (Å²) < 4.78 is 5.73. The Bertz CT molecular complexity index is 668. The number of rotatable bonds is 3. The molecule has 1 aliphatic rings. The van der Waals surface area contributed by atoms with Crippen LogP contribution >= 0.6 is 0 Å².